The molecule has 2 aromatic heterocycles. The summed E-state index contributed by atoms with van der Waals surface area (Å²) in [4.78, 5) is 48.1. The molecule has 5 rings (SSSR count). The van der Waals surface area contributed by atoms with Gasteiger partial charge in [0.25, 0.3) is 0 Å². The average Bonchev–Trinajstić information content (AvgIpc) is 2.83. The molecule has 0 saturated carbocycles. The molecule has 2 heterocycles. The van der Waals surface area contributed by atoms with Crippen molar-refractivity contribution in [2.24, 2.45) is 0 Å². The number of aryl methyl sites for hydroxylation is 2. The summed E-state index contributed by atoms with van der Waals surface area (Å²) in [6.07, 6.45) is -1.57. The van der Waals surface area contributed by atoms with Crippen molar-refractivity contribution in [1.82, 2.24) is 0 Å². The number of benzene rings is 3. The Morgan fingerprint density at radius 2 is 1.08 bits per heavy atom. The summed E-state index contributed by atoms with van der Waals surface area (Å²) in [5.74, 6) is 0.367. The Morgan fingerprint density at radius 1 is 0.632 bits per heavy atom. The zero-order valence-corrected chi connectivity index (χ0v) is 20.2. The van der Waals surface area contributed by atoms with Crippen LogP contribution in [-0.2, 0) is 0 Å². The third-order valence-electron chi connectivity index (χ3n) is 5.62. The van der Waals surface area contributed by atoms with Crippen molar-refractivity contribution in [2.45, 2.75) is 13.8 Å². The van der Waals surface area contributed by atoms with Gasteiger partial charge in [-0.3, -0.25) is 10.6 Å². The standard InChI is InChI=1S/C28H20N2O8/c1-15-10-25(31)37-23-13-19(6-8-21(15)23)35-27(33)29-17-4-3-5-18(12-17)30-28(34)36-20-7-9-22-16(2)11-26(32)38-24(22)14-20/h3-14H,1-2H3,(H,29,33)(H,30,34). The van der Waals surface area contributed by atoms with Crippen molar-refractivity contribution >= 4 is 45.5 Å². The van der Waals surface area contributed by atoms with Crippen LogP contribution < -0.4 is 31.4 Å². The fourth-order valence-corrected chi connectivity index (χ4v) is 3.91. The highest BCUT2D eigenvalue weighted by Crippen LogP contribution is 2.24. The summed E-state index contributed by atoms with van der Waals surface area (Å²) in [5.41, 5.74) is 1.79. The van der Waals surface area contributed by atoms with Gasteiger partial charge in [0.15, 0.2) is 0 Å². The number of anilines is 2. The molecular formula is C28H20N2O8. The van der Waals surface area contributed by atoms with E-state index in [9.17, 15) is 19.2 Å². The van der Waals surface area contributed by atoms with Crippen molar-refractivity contribution < 1.29 is 27.9 Å². The molecule has 0 atom stereocenters. The van der Waals surface area contributed by atoms with Crippen LogP contribution in [0.1, 0.15) is 11.1 Å². The molecule has 0 spiro atoms. The Kier molecular flexibility index (Phi) is 6.36. The molecule has 0 saturated heterocycles. The van der Waals surface area contributed by atoms with Gasteiger partial charge in [0, 0.05) is 46.4 Å². The average molecular weight is 512 g/mol. The summed E-state index contributed by atoms with van der Waals surface area (Å²) in [6.45, 7) is 3.57. The van der Waals surface area contributed by atoms with Crippen LogP contribution in [0.3, 0.4) is 0 Å². The van der Waals surface area contributed by atoms with E-state index in [-0.39, 0.29) is 11.5 Å². The van der Waals surface area contributed by atoms with E-state index in [1.807, 2.05) is 0 Å². The third kappa shape index (κ3) is 5.39. The molecule has 2 amide bonds. The molecule has 10 heteroatoms. The van der Waals surface area contributed by atoms with Crippen LogP contribution >= 0.6 is 0 Å². The molecule has 0 unspecified atom stereocenters. The van der Waals surface area contributed by atoms with E-state index in [0.717, 1.165) is 21.9 Å². The van der Waals surface area contributed by atoms with Crippen LogP contribution in [0.25, 0.3) is 21.9 Å². The first-order valence-corrected chi connectivity index (χ1v) is 11.4. The highest BCUT2D eigenvalue weighted by atomic mass is 16.6. The van der Waals surface area contributed by atoms with Crippen molar-refractivity contribution in [2.75, 3.05) is 10.6 Å². The molecule has 2 N–H and O–H groups in total. The van der Waals surface area contributed by atoms with E-state index >= 15 is 0 Å². The molecule has 0 fully saturated rings. The van der Waals surface area contributed by atoms with E-state index in [2.05, 4.69) is 10.6 Å². The topological polar surface area (TPSA) is 137 Å². The number of rotatable bonds is 4. The monoisotopic (exact) mass is 512 g/mol. The lowest BCUT2D eigenvalue weighted by molar-refractivity contribution is 0.214. The van der Waals surface area contributed by atoms with Crippen LogP contribution in [0.15, 0.2) is 91.2 Å². The van der Waals surface area contributed by atoms with Crippen molar-refractivity contribution in [3.05, 3.63) is 105 Å². The molecule has 0 radical (unpaired) electrons. The Balaban J connectivity index is 1.23. The largest absolute Gasteiger partial charge is 0.423 e. The van der Waals surface area contributed by atoms with Gasteiger partial charge in [-0.05, 0) is 67.4 Å². The fraction of sp³-hybridized carbons (Fsp3) is 0.0714. The maximum Gasteiger partial charge on any atom is 0.417 e. The number of hydrogen-bond acceptors (Lipinski definition) is 8. The van der Waals surface area contributed by atoms with Gasteiger partial charge in [-0.25, -0.2) is 19.2 Å². The molecule has 190 valence electrons. The van der Waals surface area contributed by atoms with E-state index in [1.54, 1.807) is 56.3 Å². The van der Waals surface area contributed by atoms with Gasteiger partial charge >= 0.3 is 23.4 Å². The van der Waals surface area contributed by atoms with Gasteiger partial charge in [0.1, 0.15) is 22.7 Å². The summed E-state index contributed by atoms with van der Waals surface area (Å²) in [6, 6.07) is 18.6. The minimum atomic E-state index is -0.785. The van der Waals surface area contributed by atoms with Crippen molar-refractivity contribution in [1.29, 1.82) is 0 Å². The molecule has 5 aromatic rings. The van der Waals surface area contributed by atoms with Crippen molar-refractivity contribution in [3.8, 4) is 11.5 Å². The van der Waals surface area contributed by atoms with Gasteiger partial charge in [-0.15, -0.1) is 0 Å². The second-order valence-electron chi connectivity index (χ2n) is 8.42. The number of amides is 2. The van der Waals surface area contributed by atoms with Crippen LogP contribution in [0.4, 0.5) is 21.0 Å². The van der Waals surface area contributed by atoms with E-state index < -0.39 is 23.4 Å². The normalized spacial score (nSPS) is 10.8. The molecule has 10 nitrogen and oxygen atoms in total. The van der Waals surface area contributed by atoms with Crippen molar-refractivity contribution in [3.63, 3.8) is 0 Å². The number of nitrogens with one attached hydrogen (secondary N) is 2. The Hall–Kier alpha value is -5.38. The number of hydrogen-bond donors (Lipinski definition) is 2. The molecule has 0 bridgehead atoms. The molecule has 0 aliphatic rings. The number of fused-ring (bicyclic) bond motifs is 2. The first kappa shape index (κ1) is 24.3. The lowest BCUT2D eigenvalue weighted by Crippen LogP contribution is -2.18. The first-order chi connectivity index (χ1) is 18.2. The van der Waals surface area contributed by atoms with Gasteiger partial charge in [-0.2, -0.15) is 0 Å². The summed E-state index contributed by atoms with van der Waals surface area (Å²) < 4.78 is 20.9. The lowest BCUT2D eigenvalue weighted by atomic mass is 10.1. The quantitative estimate of drug-likeness (QED) is 0.291. The Morgan fingerprint density at radius 3 is 1.53 bits per heavy atom. The van der Waals surface area contributed by atoms with Gasteiger partial charge in [-0.1, -0.05) is 6.07 Å². The smallest absolute Gasteiger partial charge is 0.417 e. The van der Waals surface area contributed by atoms with Gasteiger partial charge < -0.3 is 18.3 Å². The molecule has 0 aliphatic carbocycles. The number of carbonyl (C=O) groups excluding carboxylic acids is 2. The van der Waals surface area contributed by atoms with Crippen LogP contribution in [0.2, 0.25) is 0 Å². The second kappa shape index (κ2) is 9.94. The SMILES string of the molecule is Cc1cc(=O)oc2cc(OC(=O)Nc3cccc(NC(=O)Oc4ccc5c(C)cc(=O)oc5c4)c3)ccc12. The van der Waals surface area contributed by atoms with Crippen LogP contribution in [-0.4, -0.2) is 12.2 Å². The predicted octanol–water partition coefficient (Wildman–Crippen LogP) is 5.74. The molecule has 38 heavy (non-hydrogen) atoms. The number of carbonyl (C=O) groups is 2. The van der Waals surface area contributed by atoms with E-state index in [0.29, 0.717) is 22.5 Å². The lowest BCUT2D eigenvalue weighted by Gasteiger charge is -2.10. The zero-order chi connectivity index (χ0) is 26.8. The maximum atomic E-state index is 12.4. The third-order valence-corrected chi connectivity index (χ3v) is 5.62. The van der Waals surface area contributed by atoms with Crippen LogP contribution in [0.5, 0.6) is 11.5 Å². The van der Waals surface area contributed by atoms with Gasteiger partial charge in [0.05, 0.1) is 0 Å². The summed E-state index contributed by atoms with van der Waals surface area (Å²) in [5, 5.41) is 6.59. The predicted molar refractivity (Wildman–Crippen MR) is 140 cm³/mol. The maximum absolute atomic E-state index is 12.4. The highest BCUT2D eigenvalue weighted by molar-refractivity contribution is 5.91. The number of ether oxygens (including phenoxy) is 2. The molecule has 0 aliphatic heterocycles. The summed E-state index contributed by atoms with van der Waals surface area (Å²) in [7, 11) is 0. The second-order valence-corrected chi connectivity index (χ2v) is 8.42. The minimum absolute atomic E-state index is 0.183. The van der Waals surface area contributed by atoms with E-state index in [1.165, 1.54) is 30.3 Å². The molecular weight excluding hydrogens is 492 g/mol. The van der Waals surface area contributed by atoms with E-state index in [4.69, 9.17) is 18.3 Å². The first-order valence-electron chi connectivity index (χ1n) is 11.4. The fourth-order valence-electron chi connectivity index (χ4n) is 3.91. The Labute approximate surface area is 214 Å². The summed E-state index contributed by atoms with van der Waals surface area (Å²) >= 11 is 0. The van der Waals surface area contributed by atoms with Gasteiger partial charge in [0.2, 0.25) is 0 Å². The Bertz CT molecular complexity index is 1710. The van der Waals surface area contributed by atoms with Crippen LogP contribution in [0, 0.1) is 13.8 Å². The highest BCUT2D eigenvalue weighted by Gasteiger charge is 2.11. The molecule has 3 aromatic carbocycles. The zero-order valence-electron chi connectivity index (χ0n) is 20.2. The minimum Gasteiger partial charge on any atom is -0.423 e.